The average molecular weight is 438 g/mol. The van der Waals surface area contributed by atoms with Crippen molar-refractivity contribution in [2.45, 2.75) is 17.7 Å². The highest BCUT2D eigenvalue weighted by Crippen LogP contribution is 2.33. The number of nitrogens with one attached hydrogen (secondary N) is 1. The number of benzene rings is 2. The van der Waals surface area contributed by atoms with Gasteiger partial charge in [0.25, 0.3) is 0 Å². The lowest BCUT2D eigenvalue weighted by Gasteiger charge is -2.31. The first-order chi connectivity index (χ1) is 13.3. The van der Waals surface area contributed by atoms with E-state index in [1.807, 2.05) is 6.07 Å². The molecule has 1 heterocycles. The minimum absolute atomic E-state index is 0.0770. The number of nitrogens with zero attached hydrogens (tertiary/aromatic N) is 2. The van der Waals surface area contributed by atoms with Gasteiger partial charge in [0, 0.05) is 24.7 Å². The van der Waals surface area contributed by atoms with E-state index in [9.17, 15) is 13.2 Å². The molecule has 1 aliphatic heterocycles. The molecule has 9 heteroatoms. The summed E-state index contributed by atoms with van der Waals surface area (Å²) in [6.45, 7) is 0.407. The maximum absolute atomic E-state index is 12.9. The Bertz CT molecular complexity index is 1010. The molecule has 0 radical (unpaired) electrons. The number of anilines is 1. The average Bonchev–Trinajstić information content (AvgIpc) is 2.68. The summed E-state index contributed by atoms with van der Waals surface area (Å²) in [7, 11) is -3.83. The van der Waals surface area contributed by atoms with E-state index in [2.05, 4.69) is 5.32 Å². The number of nitriles is 1. The Morgan fingerprint density at radius 3 is 2.18 bits per heavy atom. The van der Waals surface area contributed by atoms with Crippen molar-refractivity contribution in [3.05, 3.63) is 58.1 Å². The Labute approximate surface area is 173 Å². The molecule has 146 valence electrons. The van der Waals surface area contributed by atoms with E-state index in [1.165, 1.54) is 16.4 Å². The lowest BCUT2D eigenvalue weighted by Crippen LogP contribution is -2.41. The molecule has 0 bridgehead atoms. The molecule has 6 nitrogen and oxygen atoms in total. The third-order valence-electron chi connectivity index (χ3n) is 4.62. The first kappa shape index (κ1) is 20.6. The molecule has 1 aliphatic rings. The van der Waals surface area contributed by atoms with Gasteiger partial charge in [0.1, 0.15) is 4.90 Å². The van der Waals surface area contributed by atoms with Crippen LogP contribution in [0.2, 0.25) is 10.0 Å². The minimum Gasteiger partial charge on any atom is -0.326 e. The monoisotopic (exact) mass is 437 g/mol. The highest BCUT2D eigenvalue weighted by molar-refractivity contribution is 7.89. The summed E-state index contributed by atoms with van der Waals surface area (Å²) in [5, 5.41) is 11.8. The number of hydrogen-bond donors (Lipinski definition) is 1. The van der Waals surface area contributed by atoms with Gasteiger partial charge in [-0.1, -0.05) is 29.3 Å². The molecule has 1 amide bonds. The molecule has 0 spiro atoms. The topological polar surface area (TPSA) is 90.3 Å². The third kappa shape index (κ3) is 4.31. The Kier molecular flexibility index (Phi) is 6.26. The van der Waals surface area contributed by atoms with Crippen molar-refractivity contribution in [3.63, 3.8) is 0 Å². The van der Waals surface area contributed by atoms with E-state index >= 15 is 0 Å². The smallest absolute Gasteiger partial charge is 0.246 e. The molecular formula is C19H17Cl2N3O3S. The minimum atomic E-state index is -3.83. The van der Waals surface area contributed by atoms with E-state index in [1.54, 1.807) is 30.3 Å². The van der Waals surface area contributed by atoms with Crippen molar-refractivity contribution in [3.8, 4) is 6.07 Å². The van der Waals surface area contributed by atoms with Crippen LogP contribution in [0.3, 0.4) is 0 Å². The van der Waals surface area contributed by atoms with Crippen molar-refractivity contribution >= 4 is 44.8 Å². The Morgan fingerprint density at radius 2 is 1.64 bits per heavy atom. The molecule has 2 aromatic carbocycles. The van der Waals surface area contributed by atoms with Gasteiger partial charge in [-0.25, -0.2) is 8.42 Å². The number of piperidine rings is 1. The summed E-state index contributed by atoms with van der Waals surface area (Å²) < 4.78 is 27.1. The van der Waals surface area contributed by atoms with E-state index in [4.69, 9.17) is 28.5 Å². The first-order valence-corrected chi connectivity index (χ1v) is 10.8. The zero-order valence-electron chi connectivity index (χ0n) is 14.7. The van der Waals surface area contributed by atoms with Crippen molar-refractivity contribution in [1.82, 2.24) is 4.31 Å². The van der Waals surface area contributed by atoms with Crippen LogP contribution in [0.25, 0.3) is 0 Å². The van der Waals surface area contributed by atoms with Crippen LogP contribution in [-0.2, 0) is 14.8 Å². The number of halogens is 2. The van der Waals surface area contributed by atoms with Crippen LogP contribution < -0.4 is 5.32 Å². The number of hydrogen-bond acceptors (Lipinski definition) is 4. The molecule has 1 saturated heterocycles. The fourth-order valence-corrected chi connectivity index (χ4v) is 5.65. The van der Waals surface area contributed by atoms with Crippen LogP contribution >= 0.6 is 23.2 Å². The second-order valence-electron chi connectivity index (χ2n) is 6.41. The molecule has 0 unspecified atom stereocenters. The van der Waals surface area contributed by atoms with Crippen LogP contribution in [-0.4, -0.2) is 31.7 Å². The van der Waals surface area contributed by atoms with Gasteiger partial charge in [-0.2, -0.15) is 9.57 Å². The zero-order valence-corrected chi connectivity index (χ0v) is 17.1. The molecule has 2 aromatic rings. The fraction of sp³-hybridized carbons (Fsp3) is 0.263. The predicted octanol–water partition coefficient (Wildman–Crippen LogP) is 3.90. The SMILES string of the molecule is N#Cc1ccc(NC(=O)C2CCN(S(=O)(=O)c3c(Cl)cccc3Cl)CC2)cc1. The molecule has 0 atom stereocenters. The van der Waals surface area contributed by atoms with E-state index in [-0.39, 0.29) is 39.9 Å². The lowest BCUT2D eigenvalue weighted by atomic mass is 9.97. The van der Waals surface area contributed by atoms with E-state index < -0.39 is 10.0 Å². The first-order valence-electron chi connectivity index (χ1n) is 8.58. The van der Waals surface area contributed by atoms with Gasteiger partial charge in [-0.15, -0.1) is 0 Å². The van der Waals surface area contributed by atoms with E-state index in [0.29, 0.717) is 24.1 Å². The summed E-state index contributed by atoms with van der Waals surface area (Å²) in [5.74, 6) is -0.471. The van der Waals surface area contributed by atoms with Crippen LogP contribution in [0.4, 0.5) is 5.69 Å². The van der Waals surface area contributed by atoms with Crippen molar-refractivity contribution in [1.29, 1.82) is 5.26 Å². The fourth-order valence-electron chi connectivity index (χ4n) is 3.09. The van der Waals surface area contributed by atoms with Crippen LogP contribution in [0.5, 0.6) is 0 Å². The standard InChI is InChI=1S/C19H17Cl2N3O3S/c20-16-2-1-3-17(21)18(16)28(26,27)24-10-8-14(9-11-24)19(25)23-15-6-4-13(12-22)5-7-15/h1-7,14H,8-11H2,(H,23,25). The predicted molar refractivity (Wildman–Crippen MR) is 108 cm³/mol. The summed E-state index contributed by atoms with van der Waals surface area (Å²) in [4.78, 5) is 12.4. The maximum Gasteiger partial charge on any atom is 0.246 e. The van der Waals surface area contributed by atoms with Crippen LogP contribution in [0.1, 0.15) is 18.4 Å². The van der Waals surface area contributed by atoms with Crippen molar-refractivity contribution in [2.75, 3.05) is 18.4 Å². The van der Waals surface area contributed by atoms with Gasteiger partial charge in [0.15, 0.2) is 0 Å². The normalized spacial score (nSPS) is 15.8. The van der Waals surface area contributed by atoms with Crippen LogP contribution in [0.15, 0.2) is 47.4 Å². The van der Waals surface area contributed by atoms with Crippen molar-refractivity contribution in [2.24, 2.45) is 5.92 Å². The van der Waals surface area contributed by atoms with E-state index in [0.717, 1.165) is 0 Å². The molecule has 0 aromatic heterocycles. The molecule has 3 rings (SSSR count). The molecule has 28 heavy (non-hydrogen) atoms. The Morgan fingerprint density at radius 1 is 1.07 bits per heavy atom. The molecular weight excluding hydrogens is 421 g/mol. The number of amides is 1. The third-order valence-corrected chi connectivity index (χ3v) is 7.48. The van der Waals surface area contributed by atoms with Gasteiger partial charge >= 0.3 is 0 Å². The highest BCUT2D eigenvalue weighted by Gasteiger charge is 2.34. The zero-order chi connectivity index (χ0) is 20.3. The summed E-state index contributed by atoms with van der Waals surface area (Å²) >= 11 is 12.1. The molecule has 1 fully saturated rings. The number of rotatable bonds is 4. The molecule has 1 N–H and O–H groups in total. The lowest BCUT2D eigenvalue weighted by molar-refractivity contribution is -0.120. The highest BCUT2D eigenvalue weighted by atomic mass is 35.5. The largest absolute Gasteiger partial charge is 0.326 e. The van der Waals surface area contributed by atoms with Gasteiger partial charge in [0.2, 0.25) is 15.9 Å². The number of sulfonamides is 1. The number of carbonyl (C=O) groups is 1. The summed E-state index contributed by atoms with van der Waals surface area (Å²) in [5.41, 5.74) is 1.11. The second-order valence-corrected chi connectivity index (χ2v) is 9.10. The molecule has 0 saturated carbocycles. The summed E-state index contributed by atoms with van der Waals surface area (Å²) in [6, 6.07) is 13.1. The summed E-state index contributed by atoms with van der Waals surface area (Å²) in [6.07, 6.45) is 0.785. The quantitative estimate of drug-likeness (QED) is 0.784. The van der Waals surface area contributed by atoms with Crippen molar-refractivity contribution < 1.29 is 13.2 Å². The maximum atomic E-state index is 12.9. The number of carbonyl (C=O) groups excluding carboxylic acids is 1. The van der Waals surface area contributed by atoms with Gasteiger partial charge in [-0.05, 0) is 49.2 Å². The second kappa shape index (κ2) is 8.50. The van der Waals surface area contributed by atoms with Gasteiger partial charge in [0.05, 0.1) is 21.7 Å². The van der Waals surface area contributed by atoms with Gasteiger partial charge in [-0.3, -0.25) is 4.79 Å². The Balaban J connectivity index is 1.65. The van der Waals surface area contributed by atoms with Crippen LogP contribution in [0, 0.1) is 17.2 Å². The van der Waals surface area contributed by atoms with Gasteiger partial charge < -0.3 is 5.32 Å². The molecule has 0 aliphatic carbocycles. The Hall–Kier alpha value is -2.11.